The Balaban J connectivity index is 1.71. The molecule has 1 aromatic heterocycles. The van der Waals surface area contributed by atoms with Crippen molar-refractivity contribution in [1.29, 1.82) is 5.26 Å². The lowest BCUT2D eigenvalue weighted by molar-refractivity contribution is 0.0696. The number of sulfonamides is 1. The van der Waals surface area contributed by atoms with Crippen LogP contribution >= 0.6 is 11.6 Å². The van der Waals surface area contributed by atoms with Gasteiger partial charge in [-0.1, -0.05) is 11.6 Å². The number of nitrogens with zero attached hydrogens (tertiary/aromatic N) is 3. The van der Waals surface area contributed by atoms with Gasteiger partial charge in [-0.05, 0) is 37.0 Å². The molecule has 0 aliphatic carbocycles. The molecule has 1 aliphatic heterocycles. The number of hydrogen-bond acceptors (Lipinski definition) is 5. The van der Waals surface area contributed by atoms with Crippen LogP contribution in [0.4, 0.5) is 0 Å². The molecule has 0 amide bonds. The monoisotopic (exact) mass is 380 g/mol. The number of rotatable bonds is 4. The third kappa shape index (κ3) is 3.55. The van der Waals surface area contributed by atoms with Crippen molar-refractivity contribution >= 4 is 21.6 Å². The Morgan fingerprint density at radius 1 is 1.40 bits per heavy atom. The summed E-state index contributed by atoms with van der Waals surface area (Å²) >= 11 is 5.95. The zero-order chi connectivity index (χ0) is 18.0. The molecule has 1 unspecified atom stereocenters. The van der Waals surface area contributed by atoms with Gasteiger partial charge in [-0.2, -0.15) is 9.57 Å². The number of halogens is 1. The Morgan fingerprint density at radius 2 is 2.12 bits per heavy atom. The van der Waals surface area contributed by atoms with Gasteiger partial charge in [0.15, 0.2) is 0 Å². The molecule has 2 heterocycles. The average molecular weight is 381 g/mol. The molecule has 1 atom stereocenters. The maximum atomic E-state index is 12.7. The van der Waals surface area contributed by atoms with Crippen LogP contribution in [0.25, 0.3) is 0 Å². The van der Waals surface area contributed by atoms with Crippen molar-refractivity contribution in [3.05, 3.63) is 47.0 Å². The summed E-state index contributed by atoms with van der Waals surface area (Å²) in [5, 5.41) is 19.3. The molecule has 3 rings (SSSR count). The predicted molar refractivity (Wildman–Crippen MR) is 91.2 cm³/mol. The normalized spacial score (nSPS) is 18.0. The van der Waals surface area contributed by atoms with E-state index in [0.29, 0.717) is 31.8 Å². The number of H-pyrrole nitrogens is 1. The van der Waals surface area contributed by atoms with Crippen LogP contribution in [0.15, 0.2) is 35.5 Å². The first-order valence-electron chi connectivity index (χ1n) is 7.80. The van der Waals surface area contributed by atoms with Crippen LogP contribution < -0.4 is 0 Å². The lowest BCUT2D eigenvalue weighted by atomic mass is 9.92. The van der Waals surface area contributed by atoms with E-state index in [-0.39, 0.29) is 21.4 Å². The number of benzene rings is 1. The van der Waals surface area contributed by atoms with E-state index in [1.807, 2.05) is 6.07 Å². The highest BCUT2D eigenvalue weighted by molar-refractivity contribution is 7.89. The SMILES string of the molecule is N#Cc1ccc(S(=O)(=O)N2CCC(C(O)c3ncc[nH]3)CC2)cc1Cl. The van der Waals surface area contributed by atoms with E-state index < -0.39 is 16.1 Å². The van der Waals surface area contributed by atoms with E-state index in [9.17, 15) is 13.5 Å². The second kappa shape index (κ2) is 7.14. The minimum absolute atomic E-state index is 0.0536. The van der Waals surface area contributed by atoms with Crippen LogP contribution in [0.1, 0.15) is 30.3 Å². The molecule has 0 bridgehead atoms. The number of nitriles is 1. The number of imidazole rings is 1. The van der Waals surface area contributed by atoms with Crippen LogP contribution in [-0.2, 0) is 10.0 Å². The molecule has 0 saturated carbocycles. The smallest absolute Gasteiger partial charge is 0.243 e. The fraction of sp³-hybridized carbons (Fsp3) is 0.375. The van der Waals surface area contributed by atoms with Crippen molar-refractivity contribution in [2.75, 3.05) is 13.1 Å². The Hall–Kier alpha value is -1.92. The summed E-state index contributed by atoms with van der Waals surface area (Å²) < 4.78 is 26.9. The third-order valence-corrected chi connectivity index (χ3v) is 6.65. The number of aliphatic hydroxyl groups excluding tert-OH is 1. The van der Waals surface area contributed by atoms with E-state index in [2.05, 4.69) is 9.97 Å². The van der Waals surface area contributed by atoms with Crippen molar-refractivity contribution in [1.82, 2.24) is 14.3 Å². The number of hydrogen-bond donors (Lipinski definition) is 2. The van der Waals surface area contributed by atoms with Crippen molar-refractivity contribution in [3.8, 4) is 6.07 Å². The number of aliphatic hydroxyl groups is 1. The van der Waals surface area contributed by atoms with Gasteiger partial charge >= 0.3 is 0 Å². The standard InChI is InChI=1S/C16H17ClN4O3S/c17-14-9-13(2-1-12(14)10-18)25(23,24)21-7-3-11(4-8-21)15(22)16-19-5-6-20-16/h1-2,5-6,9,11,15,22H,3-4,7-8H2,(H,19,20). The van der Waals surface area contributed by atoms with Gasteiger partial charge < -0.3 is 10.1 Å². The van der Waals surface area contributed by atoms with Crippen molar-refractivity contribution in [3.63, 3.8) is 0 Å². The van der Waals surface area contributed by atoms with E-state index in [4.69, 9.17) is 16.9 Å². The van der Waals surface area contributed by atoms with Crippen molar-refractivity contribution in [2.24, 2.45) is 5.92 Å². The molecule has 2 N–H and O–H groups in total. The minimum atomic E-state index is -3.68. The molecule has 2 aromatic rings. The first-order chi connectivity index (χ1) is 11.9. The lowest BCUT2D eigenvalue weighted by Crippen LogP contribution is -2.39. The van der Waals surface area contributed by atoms with Crippen molar-refractivity contribution < 1.29 is 13.5 Å². The lowest BCUT2D eigenvalue weighted by Gasteiger charge is -2.33. The van der Waals surface area contributed by atoms with E-state index in [1.165, 1.54) is 22.5 Å². The number of aromatic amines is 1. The topological polar surface area (TPSA) is 110 Å². The molecular formula is C16H17ClN4O3S. The maximum Gasteiger partial charge on any atom is 0.243 e. The highest BCUT2D eigenvalue weighted by Gasteiger charge is 2.33. The van der Waals surface area contributed by atoms with Crippen molar-refractivity contribution in [2.45, 2.75) is 23.8 Å². The first-order valence-corrected chi connectivity index (χ1v) is 9.62. The molecule has 7 nitrogen and oxygen atoms in total. The van der Waals surface area contributed by atoms with Gasteiger partial charge in [0.05, 0.1) is 15.5 Å². The summed E-state index contributed by atoms with van der Waals surface area (Å²) in [6.07, 6.45) is 3.56. The Kier molecular flexibility index (Phi) is 5.11. The van der Waals surface area contributed by atoms with Gasteiger partial charge in [-0.15, -0.1) is 0 Å². The fourth-order valence-electron chi connectivity index (χ4n) is 2.99. The van der Waals surface area contributed by atoms with Gasteiger partial charge in [0.1, 0.15) is 18.0 Å². The van der Waals surface area contributed by atoms with Gasteiger partial charge in [0, 0.05) is 25.5 Å². The number of piperidine rings is 1. The Morgan fingerprint density at radius 3 is 2.68 bits per heavy atom. The highest BCUT2D eigenvalue weighted by Crippen LogP contribution is 2.32. The Bertz CT molecular complexity index is 885. The quantitative estimate of drug-likeness (QED) is 0.843. The fourth-order valence-corrected chi connectivity index (χ4v) is 4.77. The van der Waals surface area contributed by atoms with E-state index in [1.54, 1.807) is 12.4 Å². The second-order valence-electron chi connectivity index (χ2n) is 5.91. The molecule has 132 valence electrons. The van der Waals surface area contributed by atoms with Gasteiger partial charge in [-0.3, -0.25) is 0 Å². The van der Waals surface area contributed by atoms with E-state index in [0.717, 1.165) is 0 Å². The van der Waals surface area contributed by atoms with E-state index >= 15 is 0 Å². The summed E-state index contributed by atoms with van der Waals surface area (Å²) in [6.45, 7) is 0.616. The van der Waals surface area contributed by atoms with Crippen LogP contribution in [0.2, 0.25) is 5.02 Å². The summed E-state index contributed by atoms with van der Waals surface area (Å²) in [7, 11) is -3.68. The summed E-state index contributed by atoms with van der Waals surface area (Å²) in [5.41, 5.74) is 0.237. The molecule has 1 saturated heterocycles. The minimum Gasteiger partial charge on any atom is -0.385 e. The summed E-state index contributed by atoms with van der Waals surface area (Å²) in [5.74, 6) is 0.447. The van der Waals surface area contributed by atoms with Gasteiger partial charge in [0.25, 0.3) is 0 Å². The van der Waals surface area contributed by atoms with Gasteiger partial charge in [0.2, 0.25) is 10.0 Å². The van der Waals surface area contributed by atoms with Gasteiger partial charge in [-0.25, -0.2) is 13.4 Å². The number of nitrogens with one attached hydrogen (secondary N) is 1. The third-order valence-electron chi connectivity index (χ3n) is 4.44. The highest BCUT2D eigenvalue weighted by atomic mass is 35.5. The average Bonchev–Trinajstić information content (AvgIpc) is 3.15. The zero-order valence-corrected chi connectivity index (χ0v) is 14.8. The molecular weight excluding hydrogens is 364 g/mol. The molecule has 25 heavy (non-hydrogen) atoms. The van der Waals surface area contributed by atoms with Crippen LogP contribution in [-0.4, -0.2) is 40.9 Å². The molecule has 9 heteroatoms. The largest absolute Gasteiger partial charge is 0.385 e. The predicted octanol–water partition coefficient (Wildman–Crippen LogP) is 2.07. The molecule has 1 aromatic carbocycles. The number of aromatic nitrogens is 2. The summed E-state index contributed by atoms with van der Waals surface area (Å²) in [4.78, 5) is 7.01. The second-order valence-corrected chi connectivity index (χ2v) is 8.26. The Labute approximate surface area is 150 Å². The zero-order valence-electron chi connectivity index (χ0n) is 13.3. The van der Waals surface area contributed by atoms with Crippen LogP contribution in [0.5, 0.6) is 0 Å². The van der Waals surface area contributed by atoms with Crippen LogP contribution in [0, 0.1) is 17.2 Å². The molecule has 1 fully saturated rings. The first kappa shape index (κ1) is 17.9. The maximum absolute atomic E-state index is 12.7. The van der Waals surface area contributed by atoms with Crippen LogP contribution in [0.3, 0.4) is 0 Å². The molecule has 1 aliphatic rings. The molecule has 0 radical (unpaired) electrons. The summed E-state index contributed by atoms with van der Waals surface area (Å²) in [6, 6.07) is 6.01. The molecule has 0 spiro atoms.